The van der Waals surface area contributed by atoms with Crippen molar-refractivity contribution in [3.05, 3.63) is 20.1 Å². The number of anilines is 2. The molecule has 0 aromatic heterocycles. The Labute approximate surface area is 112 Å². The van der Waals surface area contributed by atoms with Crippen LogP contribution in [0, 0.1) is 6.92 Å². The fourth-order valence-corrected chi connectivity index (χ4v) is 2.92. The molecular formula is C11H14Br2N2O. The van der Waals surface area contributed by atoms with E-state index in [0.717, 1.165) is 32.2 Å². The quantitative estimate of drug-likeness (QED) is 0.801. The summed E-state index contributed by atoms with van der Waals surface area (Å²) in [5.41, 5.74) is 9.43. The molecule has 0 fully saturated rings. The molecule has 1 aromatic carbocycles. The summed E-state index contributed by atoms with van der Waals surface area (Å²) in [5, 5.41) is 2.85. The first-order chi connectivity index (χ1) is 7.40. The predicted molar refractivity (Wildman–Crippen MR) is 74.7 cm³/mol. The highest BCUT2D eigenvalue weighted by molar-refractivity contribution is 9.11. The topological polar surface area (TPSA) is 55.1 Å². The van der Waals surface area contributed by atoms with Crippen LogP contribution in [0.1, 0.15) is 25.0 Å². The lowest BCUT2D eigenvalue weighted by molar-refractivity contribution is -0.114. The zero-order valence-corrected chi connectivity index (χ0v) is 12.6. The van der Waals surface area contributed by atoms with E-state index < -0.39 is 0 Å². The van der Waals surface area contributed by atoms with E-state index in [0.29, 0.717) is 5.69 Å². The van der Waals surface area contributed by atoms with Crippen molar-refractivity contribution in [3.63, 3.8) is 0 Å². The van der Waals surface area contributed by atoms with Gasteiger partial charge in [0.25, 0.3) is 0 Å². The SMILES string of the molecule is CCc1c(Br)c(N)c(Br)c(C)c1NC(C)=O. The summed E-state index contributed by atoms with van der Waals surface area (Å²) in [6.45, 7) is 5.45. The summed E-state index contributed by atoms with van der Waals surface area (Å²) in [4.78, 5) is 11.2. The summed E-state index contributed by atoms with van der Waals surface area (Å²) >= 11 is 6.89. The van der Waals surface area contributed by atoms with Crippen molar-refractivity contribution in [2.24, 2.45) is 0 Å². The molecule has 0 radical (unpaired) electrons. The van der Waals surface area contributed by atoms with Gasteiger partial charge >= 0.3 is 0 Å². The van der Waals surface area contributed by atoms with Gasteiger partial charge in [-0.3, -0.25) is 4.79 Å². The minimum absolute atomic E-state index is 0.0821. The maximum Gasteiger partial charge on any atom is 0.221 e. The van der Waals surface area contributed by atoms with Crippen molar-refractivity contribution < 1.29 is 4.79 Å². The molecule has 0 saturated heterocycles. The lowest BCUT2D eigenvalue weighted by atomic mass is 10.0. The third-order valence-corrected chi connectivity index (χ3v) is 4.33. The number of nitrogen functional groups attached to an aromatic ring is 1. The van der Waals surface area contributed by atoms with Crippen LogP contribution >= 0.6 is 31.9 Å². The molecule has 0 unspecified atom stereocenters. The van der Waals surface area contributed by atoms with Crippen molar-refractivity contribution in [3.8, 4) is 0 Å². The van der Waals surface area contributed by atoms with Crippen LogP contribution in [0.2, 0.25) is 0 Å². The standard InChI is InChI=1S/C11H14Br2N2O/c1-4-7-9(13)10(14)8(12)5(2)11(7)15-6(3)16/h4,14H2,1-3H3,(H,15,16). The highest BCUT2D eigenvalue weighted by atomic mass is 79.9. The Hall–Kier alpha value is -0.550. The molecule has 1 amide bonds. The number of benzene rings is 1. The lowest BCUT2D eigenvalue weighted by Crippen LogP contribution is -2.11. The molecule has 16 heavy (non-hydrogen) atoms. The molecule has 0 aliphatic heterocycles. The third kappa shape index (κ3) is 2.40. The number of nitrogens with two attached hydrogens (primary N) is 1. The summed E-state index contributed by atoms with van der Waals surface area (Å²) in [6.07, 6.45) is 0.800. The highest BCUT2D eigenvalue weighted by Crippen LogP contribution is 2.40. The van der Waals surface area contributed by atoms with Crippen molar-refractivity contribution in [2.75, 3.05) is 11.1 Å². The van der Waals surface area contributed by atoms with Gasteiger partial charge in [-0.1, -0.05) is 6.92 Å². The molecule has 0 atom stereocenters. The first-order valence-electron chi connectivity index (χ1n) is 4.93. The van der Waals surface area contributed by atoms with E-state index in [-0.39, 0.29) is 5.91 Å². The molecule has 0 aliphatic carbocycles. The van der Waals surface area contributed by atoms with Crippen LogP contribution in [0.15, 0.2) is 8.95 Å². The van der Waals surface area contributed by atoms with Crippen LogP contribution in [0.5, 0.6) is 0 Å². The van der Waals surface area contributed by atoms with Gasteiger partial charge < -0.3 is 11.1 Å². The van der Waals surface area contributed by atoms with Crippen molar-refractivity contribution in [2.45, 2.75) is 27.2 Å². The molecule has 3 N–H and O–H groups in total. The largest absolute Gasteiger partial charge is 0.397 e. The lowest BCUT2D eigenvalue weighted by Gasteiger charge is -2.17. The fraction of sp³-hybridized carbons (Fsp3) is 0.364. The average molecular weight is 350 g/mol. The Morgan fingerprint density at radius 3 is 2.38 bits per heavy atom. The summed E-state index contributed by atoms with van der Waals surface area (Å²) in [5.74, 6) is -0.0821. The van der Waals surface area contributed by atoms with Gasteiger partial charge in [0.05, 0.1) is 5.69 Å². The molecule has 0 heterocycles. The second-order valence-corrected chi connectivity index (χ2v) is 5.14. The van der Waals surface area contributed by atoms with E-state index in [1.54, 1.807) is 0 Å². The van der Waals surface area contributed by atoms with E-state index in [4.69, 9.17) is 5.73 Å². The number of carbonyl (C=O) groups is 1. The first kappa shape index (κ1) is 13.5. The summed E-state index contributed by atoms with van der Waals surface area (Å²) in [6, 6.07) is 0. The fourth-order valence-electron chi connectivity index (χ4n) is 1.58. The maximum absolute atomic E-state index is 11.2. The van der Waals surface area contributed by atoms with Gasteiger partial charge in [0, 0.05) is 21.6 Å². The van der Waals surface area contributed by atoms with Gasteiger partial charge in [-0.25, -0.2) is 0 Å². The van der Waals surface area contributed by atoms with Crippen LogP contribution < -0.4 is 11.1 Å². The van der Waals surface area contributed by atoms with Crippen molar-refractivity contribution >= 4 is 49.1 Å². The highest BCUT2D eigenvalue weighted by Gasteiger charge is 2.17. The Bertz CT molecular complexity index is 444. The monoisotopic (exact) mass is 348 g/mol. The molecule has 0 bridgehead atoms. The number of halogens is 2. The average Bonchev–Trinajstić information content (AvgIpc) is 2.23. The Kier molecular flexibility index (Phi) is 4.38. The van der Waals surface area contributed by atoms with Crippen LogP contribution in [0.25, 0.3) is 0 Å². The predicted octanol–water partition coefficient (Wildman–Crippen LogP) is 3.62. The van der Waals surface area contributed by atoms with E-state index >= 15 is 0 Å². The van der Waals surface area contributed by atoms with Crippen molar-refractivity contribution in [1.82, 2.24) is 0 Å². The molecule has 5 heteroatoms. The molecule has 0 aliphatic rings. The number of nitrogens with one attached hydrogen (secondary N) is 1. The van der Waals surface area contributed by atoms with E-state index in [9.17, 15) is 4.79 Å². The van der Waals surface area contributed by atoms with Gasteiger partial charge in [-0.15, -0.1) is 0 Å². The van der Waals surface area contributed by atoms with Crippen LogP contribution in [0.4, 0.5) is 11.4 Å². The van der Waals surface area contributed by atoms with Crippen LogP contribution in [-0.2, 0) is 11.2 Å². The normalized spacial score (nSPS) is 10.3. The molecule has 0 spiro atoms. The second-order valence-electron chi connectivity index (χ2n) is 3.55. The van der Waals surface area contributed by atoms with Crippen molar-refractivity contribution in [1.29, 1.82) is 0 Å². The molecule has 88 valence electrons. The van der Waals surface area contributed by atoms with E-state index in [1.165, 1.54) is 6.92 Å². The number of hydrogen-bond acceptors (Lipinski definition) is 2. The molecule has 1 rings (SSSR count). The van der Waals surface area contributed by atoms with Gasteiger partial charge in [0.1, 0.15) is 0 Å². The van der Waals surface area contributed by atoms with Crippen LogP contribution in [0.3, 0.4) is 0 Å². The molecular weight excluding hydrogens is 336 g/mol. The number of hydrogen-bond donors (Lipinski definition) is 2. The van der Waals surface area contributed by atoms with Crippen LogP contribution in [-0.4, -0.2) is 5.91 Å². The zero-order chi connectivity index (χ0) is 12.5. The Balaban J connectivity index is 3.50. The van der Waals surface area contributed by atoms with Gasteiger partial charge in [-0.05, 0) is 56.3 Å². The summed E-state index contributed by atoms with van der Waals surface area (Å²) in [7, 11) is 0. The third-order valence-electron chi connectivity index (χ3n) is 2.40. The Morgan fingerprint density at radius 2 is 1.94 bits per heavy atom. The zero-order valence-electron chi connectivity index (χ0n) is 9.45. The van der Waals surface area contributed by atoms with Gasteiger partial charge in [0.2, 0.25) is 5.91 Å². The number of carbonyl (C=O) groups excluding carboxylic acids is 1. The van der Waals surface area contributed by atoms with E-state index in [2.05, 4.69) is 37.2 Å². The van der Waals surface area contributed by atoms with E-state index in [1.807, 2.05) is 13.8 Å². The number of rotatable bonds is 2. The minimum Gasteiger partial charge on any atom is -0.397 e. The van der Waals surface area contributed by atoms with Gasteiger partial charge in [-0.2, -0.15) is 0 Å². The maximum atomic E-state index is 11.2. The smallest absolute Gasteiger partial charge is 0.221 e. The number of amides is 1. The second kappa shape index (κ2) is 5.19. The minimum atomic E-state index is -0.0821. The first-order valence-corrected chi connectivity index (χ1v) is 6.52. The summed E-state index contributed by atoms with van der Waals surface area (Å²) < 4.78 is 1.66. The van der Waals surface area contributed by atoms with Gasteiger partial charge in [0.15, 0.2) is 0 Å². The molecule has 1 aromatic rings. The Morgan fingerprint density at radius 1 is 1.38 bits per heavy atom. The molecule has 0 saturated carbocycles. The molecule has 3 nitrogen and oxygen atoms in total.